The number of hydrogen-bond acceptors (Lipinski definition) is 4. The Morgan fingerprint density at radius 2 is 2.10 bits per heavy atom. The fourth-order valence-corrected chi connectivity index (χ4v) is 2.53. The topological polar surface area (TPSA) is 52.6 Å². The van der Waals surface area contributed by atoms with Gasteiger partial charge in [0.2, 0.25) is 0 Å². The number of rotatable bonds is 3. The molecule has 0 bridgehead atoms. The van der Waals surface area contributed by atoms with Crippen molar-refractivity contribution in [1.29, 1.82) is 0 Å². The largest absolute Gasteiger partial charge is 0.465 e. The van der Waals surface area contributed by atoms with Gasteiger partial charge in [-0.05, 0) is 49.0 Å². The normalized spacial score (nSPS) is 15.6. The number of allylic oxidation sites excluding steroid dienone is 1. The highest BCUT2D eigenvalue weighted by atomic mass is 16.5. The molecular weight excluding hydrogens is 256 g/mol. The first kappa shape index (κ1) is 14.3. The third-order valence-corrected chi connectivity index (χ3v) is 3.35. The lowest BCUT2D eigenvalue weighted by Crippen LogP contribution is -2.12. The second kappa shape index (κ2) is 6.37. The molecule has 0 radical (unpaired) electrons. The van der Waals surface area contributed by atoms with Crippen LogP contribution in [0.3, 0.4) is 0 Å². The van der Waals surface area contributed by atoms with Crippen molar-refractivity contribution < 1.29 is 19.1 Å². The van der Waals surface area contributed by atoms with Gasteiger partial charge < -0.3 is 9.47 Å². The zero-order valence-electron chi connectivity index (χ0n) is 11.8. The number of aryl methyl sites for hydroxylation is 1. The van der Waals surface area contributed by atoms with E-state index < -0.39 is 0 Å². The lowest BCUT2D eigenvalue weighted by Gasteiger charge is -2.21. The molecule has 1 aliphatic carbocycles. The Bertz CT molecular complexity index is 558. The Hall–Kier alpha value is -2.10. The van der Waals surface area contributed by atoms with E-state index in [1.807, 2.05) is 12.1 Å². The zero-order valence-corrected chi connectivity index (χ0v) is 11.8. The Kier molecular flexibility index (Phi) is 4.56. The minimum Gasteiger partial charge on any atom is -0.465 e. The SMILES string of the molecule is CCOC(=O)/C=C1\CCCc2cccc(C(=O)OC)c21. The van der Waals surface area contributed by atoms with Crippen LogP contribution in [0, 0.1) is 0 Å². The first-order valence-electron chi connectivity index (χ1n) is 6.75. The Balaban J connectivity index is 2.48. The molecule has 0 heterocycles. The van der Waals surface area contributed by atoms with Crippen LogP contribution in [0.15, 0.2) is 24.3 Å². The molecule has 4 nitrogen and oxygen atoms in total. The van der Waals surface area contributed by atoms with Gasteiger partial charge in [-0.15, -0.1) is 0 Å². The predicted molar refractivity (Wildman–Crippen MR) is 75.3 cm³/mol. The van der Waals surface area contributed by atoms with Gasteiger partial charge in [-0.1, -0.05) is 12.1 Å². The van der Waals surface area contributed by atoms with E-state index in [1.54, 1.807) is 13.0 Å². The highest BCUT2D eigenvalue weighted by Crippen LogP contribution is 2.33. The molecule has 1 aliphatic rings. The van der Waals surface area contributed by atoms with E-state index in [9.17, 15) is 9.59 Å². The first-order valence-corrected chi connectivity index (χ1v) is 6.75. The van der Waals surface area contributed by atoms with Crippen molar-refractivity contribution in [3.63, 3.8) is 0 Å². The number of carbonyl (C=O) groups is 2. The van der Waals surface area contributed by atoms with Gasteiger partial charge in [-0.2, -0.15) is 0 Å². The van der Waals surface area contributed by atoms with Gasteiger partial charge in [0, 0.05) is 6.08 Å². The molecule has 20 heavy (non-hydrogen) atoms. The molecule has 0 atom stereocenters. The van der Waals surface area contributed by atoms with Crippen molar-refractivity contribution in [3.8, 4) is 0 Å². The lowest BCUT2D eigenvalue weighted by atomic mass is 9.84. The number of benzene rings is 1. The van der Waals surface area contributed by atoms with Crippen LogP contribution >= 0.6 is 0 Å². The molecule has 0 saturated heterocycles. The van der Waals surface area contributed by atoms with Crippen LogP contribution in [0.2, 0.25) is 0 Å². The van der Waals surface area contributed by atoms with E-state index in [1.165, 1.54) is 13.2 Å². The van der Waals surface area contributed by atoms with Gasteiger partial charge in [0.25, 0.3) is 0 Å². The molecule has 0 spiro atoms. The van der Waals surface area contributed by atoms with Crippen molar-refractivity contribution in [3.05, 3.63) is 41.0 Å². The number of hydrogen-bond donors (Lipinski definition) is 0. The average molecular weight is 274 g/mol. The Morgan fingerprint density at radius 3 is 2.80 bits per heavy atom. The monoisotopic (exact) mass is 274 g/mol. The molecule has 0 fully saturated rings. The van der Waals surface area contributed by atoms with Crippen LogP contribution in [-0.4, -0.2) is 25.7 Å². The summed E-state index contributed by atoms with van der Waals surface area (Å²) in [6, 6.07) is 5.56. The maximum absolute atomic E-state index is 11.9. The second-order valence-electron chi connectivity index (χ2n) is 4.61. The summed E-state index contributed by atoms with van der Waals surface area (Å²) in [4.78, 5) is 23.5. The van der Waals surface area contributed by atoms with Crippen LogP contribution in [0.4, 0.5) is 0 Å². The summed E-state index contributed by atoms with van der Waals surface area (Å²) in [7, 11) is 1.36. The number of methoxy groups -OCH3 is 1. The van der Waals surface area contributed by atoms with Crippen LogP contribution < -0.4 is 0 Å². The summed E-state index contributed by atoms with van der Waals surface area (Å²) < 4.78 is 9.78. The third-order valence-electron chi connectivity index (χ3n) is 3.35. The molecule has 106 valence electrons. The van der Waals surface area contributed by atoms with Crippen molar-refractivity contribution in [2.24, 2.45) is 0 Å². The van der Waals surface area contributed by atoms with Gasteiger partial charge in [0.1, 0.15) is 0 Å². The van der Waals surface area contributed by atoms with Gasteiger partial charge >= 0.3 is 11.9 Å². The van der Waals surface area contributed by atoms with Crippen molar-refractivity contribution in [2.75, 3.05) is 13.7 Å². The molecule has 0 saturated carbocycles. The van der Waals surface area contributed by atoms with Gasteiger partial charge in [-0.25, -0.2) is 9.59 Å². The summed E-state index contributed by atoms with van der Waals surface area (Å²) in [6.07, 6.45) is 4.12. The Morgan fingerprint density at radius 1 is 1.30 bits per heavy atom. The van der Waals surface area contributed by atoms with E-state index in [-0.39, 0.29) is 11.9 Å². The Labute approximate surface area is 118 Å². The van der Waals surface area contributed by atoms with Crippen molar-refractivity contribution >= 4 is 17.5 Å². The molecule has 0 amide bonds. The standard InChI is InChI=1S/C16H18O4/c1-3-20-14(17)10-12-8-4-6-11-7-5-9-13(15(11)12)16(18)19-2/h5,7,9-10H,3-4,6,8H2,1-2H3/b12-10+. The maximum atomic E-state index is 11.9. The summed E-state index contributed by atoms with van der Waals surface area (Å²) in [5, 5.41) is 0. The number of fused-ring (bicyclic) bond motifs is 1. The van der Waals surface area contributed by atoms with Crippen LogP contribution in [-0.2, 0) is 20.7 Å². The van der Waals surface area contributed by atoms with Gasteiger partial charge in [0.15, 0.2) is 0 Å². The fraction of sp³-hybridized carbons (Fsp3) is 0.375. The quantitative estimate of drug-likeness (QED) is 0.628. The molecule has 1 aromatic rings. The number of carbonyl (C=O) groups excluding carboxylic acids is 2. The molecule has 0 aliphatic heterocycles. The van der Waals surface area contributed by atoms with Crippen molar-refractivity contribution in [2.45, 2.75) is 26.2 Å². The van der Waals surface area contributed by atoms with Gasteiger partial charge in [0.05, 0.1) is 19.3 Å². The van der Waals surface area contributed by atoms with E-state index in [0.29, 0.717) is 12.2 Å². The van der Waals surface area contributed by atoms with E-state index in [4.69, 9.17) is 9.47 Å². The van der Waals surface area contributed by atoms with Gasteiger partial charge in [-0.3, -0.25) is 0 Å². The van der Waals surface area contributed by atoms with E-state index in [2.05, 4.69) is 0 Å². The molecule has 2 rings (SSSR count). The fourth-order valence-electron chi connectivity index (χ4n) is 2.53. The molecule has 1 aromatic carbocycles. The first-order chi connectivity index (χ1) is 9.67. The van der Waals surface area contributed by atoms with Crippen LogP contribution in [0.25, 0.3) is 5.57 Å². The number of esters is 2. The summed E-state index contributed by atoms with van der Waals surface area (Å²) in [5.41, 5.74) is 3.28. The number of ether oxygens (including phenoxy) is 2. The minimum absolute atomic E-state index is 0.341. The predicted octanol–water partition coefficient (Wildman–Crippen LogP) is 2.76. The maximum Gasteiger partial charge on any atom is 0.338 e. The summed E-state index contributed by atoms with van der Waals surface area (Å²) in [5.74, 6) is -0.742. The molecular formula is C16H18O4. The third kappa shape index (κ3) is 2.90. The lowest BCUT2D eigenvalue weighted by molar-refractivity contribution is -0.137. The highest BCUT2D eigenvalue weighted by molar-refractivity contribution is 6.00. The molecule has 0 aromatic heterocycles. The molecule has 0 unspecified atom stereocenters. The minimum atomic E-state index is -0.376. The average Bonchev–Trinajstić information content (AvgIpc) is 2.46. The summed E-state index contributed by atoms with van der Waals surface area (Å²) in [6.45, 7) is 2.11. The highest BCUT2D eigenvalue weighted by Gasteiger charge is 2.22. The second-order valence-corrected chi connectivity index (χ2v) is 4.61. The zero-order chi connectivity index (χ0) is 14.5. The summed E-state index contributed by atoms with van der Waals surface area (Å²) >= 11 is 0. The molecule has 0 N–H and O–H groups in total. The van der Waals surface area contributed by atoms with Crippen molar-refractivity contribution in [1.82, 2.24) is 0 Å². The van der Waals surface area contributed by atoms with Crippen LogP contribution in [0.5, 0.6) is 0 Å². The van der Waals surface area contributed by atoms with E-state index in [0.717, 1.165) is 36.0 Å². The smallest absolute Gasteiger partial charge is 0.338 e. The van der Waals surface area contributed by atoms with Crippen LogP contribution in [0.1, 0.15) is 41.3 Å². The molecule has 4 heteroatoms. The van der Waals surface area contributed by atoms with E-state index >= 15 is 0 Å².